The number of rotatable bonds is 6. The Balaban J connectivity index is 2.38. The zero-order valence-corrected chi connectivity index (χ0v) is 14.2. The Morgan fingerprint density at radius 2 is 1.45 bits per heavy atom. The zero-order valence-electron chi connectivity index (χ0n) is 14.2. The van der Waals surface area contributed by atoms with Crippen molar-refractivity contribution in [2.24, 2.45) is 0 Å². The van der Waals surface area contributed by atoms with Crippen molar-refractivity contribution < 1.29 is 85.6 Å². The van der Waals surface area contributed by atoms with E-state index in [2.05, 4.69) is 14.5 Å². The molecule has 17 nitrogen and oxygen atoms in total. The minimum Gasteiger partial charge on any atom is -0.394 e. The molecule has 172 valence electrons. The van der Waals surface area contributed by atoms with Crippen LogP contribution in [0.25, 0.3) is 0 Å². The van der Waals surface area contributed by atoms with Crippen LogP contribution in [0.15, 0.2) is 0 Å². The summed E-state index contributed by atoms with van der Waals surface area (Å²) in [6.45, 7) is -0.889. The fraction of sp³-hybridized carbons (Fsp3) is 1.00. The van der Waals surface area contributed by atoms with E-state index in [0.29, 0.717) is 0 Å². The van der Waals surface area contributed by atoms with Gasteiger partial charge in [0.1, 0.15) is 24.4 Å². The molecule has 0 aromatic carbocycles. The van der Waals surface area contributed by atoms with Gasteiger partial charge in [-0.25, -0.2) is 10.5 Å². The third kappa shape index (κ3) is 3.54. The molecule has 0 spiro atoms. The van der Waals surface area contributed by atoms with Gasteiger partial charge in [-0.2, -0.15) is 9.78 Å². The van der Waals surface area contributed by atoms with Gasteiger partial charge in [0.15, 0.2) is 18.7 Å². The molecule has 0 unspecified atom stereocenters. The van der Waals surface area contributed by atoms with Crippen molar-refractivity contribution in [2.75, 3.05) is 6.61 Å². The van der Waals surface area contributed by atoms with Crippen LogP contribution in [0.1, 0.15) is 0 Å². The third-order valence-electron chi connectivity index (χ3n) is 4.66. The van der Waals surface area contributed by atoms with Crippen LogP contribution < -0.4 is 0 Å². The van der Waals surface area contributed by atoms with Gasteiger partial charge in [-0.1, -0.05) is 0 Å². The van der Waals surface area contributed by atoms with E-state index in [1.165, 1.54) is 0 Å². The summed E-state index contributed by atoms with van der Waals surface area (Å²) in [6, 6.07) is 0. The number of aliphatic hydroxyl groups is 10. The standard InChI is InChI=1S/C12H22O17/c13-1-2-3(14)4(15)5(16)7(25-2)26-8-6(17)10(20,28-23)12(22,29-24)11(21,27-8)9(18)19/h2-9,13-24H,1H2/t2-,3-,4+,5-,6+,7-,8+,10-,11-,12+/m1/s1. The van der Waals surface area contributed by atoms with E-state index in [1.54, 1.807) is 0 Å². The highest BCUT2D eigenvalue weighted by molar-refractivity contribution is 5.06. The lowest BCUT2D eigenvalue weighted by atomic mass is 9.87. The minimum absolute atomic E-state index is 0.889. The predicted octanol–water partition coefficient (Wildman–Crippen LogP) is -7.12. The molecule has 0 aromatic rings. The second-order valence-electron chi connectivity index (χ2n) is 6.36. The van der Waals surface area contributed by atoms with E-state index in [9.17, 15) is 46.0 Å². The number of ether oxygens (including phenoxy) is 3. The van der Waals surface area contributed by atoms with Crippen LogP contribution in [-0.4, -0.2) is 135 Å². The Bertz CT molecular complexity index is 555. The Labute approximate surface area is 160 Å². The van der Waals surface area contributed by atoms with E-state index < -0.39 is 73.4 Å². The molecular formula is C12H22O17. The Hall–Kier alpha value is -0.680. The highest BCUT2D eigenvalue weighted by Crippen LogP contribution is 2.46. The predicted molar refractivity (Wildman–Crippen MR) is 76.2 cm³/mol. The maximum absolute atomic E-state index is 10.2. The van der Waals surface area contributed by atoms with Gasteiger partial charge in [-0.05, 0) is 0 Å². The molecule has 0 saturated carbocycles. The molecule has 2 aliphatic heterocycles. The van der Waals surface area contributed by atoms with Gasteiger partial charge in [0.25, 0.3) is 11.6 Å². The Morgan fingerprint density at radius 3 is 1.90 bits per heavy atom. The highest BCUT2D eigenvalue weighted by Gasteiger charge is 2.79. The molecular weight excluding hydrogens is 416 g/mol. The number of aliphatic hydroxyl groups excluding tert-OH is 6. The SMILES string of the molecule is OC[C@H]1O[C@H](O[C@H]2O[C@](O)(C(O)O)[C@@](O)(OO)[C@](O)(OO)[C@H]2O)[C@H](O)[C@@H](O)[C@@H]1O. The summed E-state index contributed by atoms with van der Waals surface area (Å²) in [5.74, 6) is -12.1. The van der Waals surface area contributed by atoms with E-state index in [1.807, 2.05) is 0 Å². The van der Waals surface area contributed by atoms with Crippen LogP contribution in [-0.2, 0) is 24.0 Å². The topological polar surface area (TPSA) is 289 Å². The van der Waals surface area contributed by atoms with Crippen LogP contribution in [0.2, 0.25) is 0 Å². The number of hydrogen-bond donors (Lipinski definition) is 12. The lowest BCUT2D eigenvalue weighted by Gasteiger charge is -2.54. The quantitative estimate of drug-likeness (QED) is 0.104. The van der Waals surface area contributed by atoms with Crippen LogP contribution in [0.4, 0.5) is 0 Å². The molecule has 0 aromatic heterocycles. The summed E-state index contributed by atoms with van der Waals surface area (Å²) >= 11 is 0. The average molecular weight is 438 g/mol. The minimum atomic E-state index is -4.17. The lowest BCUT2D eigenvalue weighted by molar-refractivity contribution is -0.631. The maximum atomic E-state index is 10.2. The van der Waals surface area contributed by atoms with Crippen LogP contribution >= 0.6 is 0 Å². The van der Waals surface area contributed by atoms with Crippen molar-refractivity contribution in [2.45, 2.75) is 66.8 Å². The second-order valence-corrected chi connectivity index (χ2v) is 6.36. The zero-order chi connectivity index (χ0) is 22.4. The lowest BCUT2D eigenvalue weighted by Crippen LogP contribution is -2.83. The molecule has 2 heterocycles. The summed E-state index contributed by atoms with van der Waals surface area (Å²) in [6.07, 6.45) is -18.1. The fourth-order valence-corrected chi connectivity index (χ4v) is 2.86. The first-order valence-electron chi connectivity index (χ1n) is 7.84. The first-order valence-corrected chi connectivity index (χ1v) is 7.84. The molecule has 12 N–H and O–H groups in total. The van der Waals surface area contributed by atoms with E-state index in [-0.39, 0.29) is 0 Å². The normalized spacial score (nSPS) is 51.4. The van der Waals surface area contributed by atoms with Gasteiger partial charge < -0.3 is 65.3 Å². The van der Waals surface area contributed by atoms with E-state index in [0.717, 1.165) is 0 Å². The molecule has 17 heteroatoms. The molecule has 2 aliphatic rings. The molecule has 2 fully saturated rings. The van der Waals surface area contributed by atoms with Crippen molar-refractivity contribution in [3.63, 3.8) is 0 Å². The summed E-state index contributed by atoms with van der Waals surface area (Å²) < 4.78 is 14.3. The van der Waals surface area contributed by atoms with Crippen molar-refractivity contribution in [1.82, 2.24) is 0 Å². The molecule has 0 amide bonds. The van der Waals surface area contributed by atoms with Crippen LogP contribution in [0.3, 0.4) is 0 Å². The summed E-state index contributed by atoms with van der Waals surface area (Å²) in [5, 5.41) is 115. The summed E-state index contributed by atoms with van der Waals surface area (Å²) in [4.78, 5) is 6.85. The Kier molecular flexibility index (Phi) is 7.17. The maximum Gasteiger partial charge on any atom is 0.318 e. The van der Waals surface area contributed by atoms with Gasteiger partial charge in [0.2, 0.25) is 6.29 Å². The molecule has 29 heavy (non-hydrogen) atoms. The Morgan fingerprint density at radius 1 is 0.862 bits per heavy atom. The molecule has 0 radical (unpaired) electrons. The average Bonchev–Trinajstić information content (AvgIpc) is 2.70. The number of hydrogen-bond acceptors (Lipinski definition) is 17. The third-order valence-corrected chi connectivity index (χ3v) is 4.66. The summed E-state index contributed by atoms with van der Waals surface area (Å²) in [7, 11) is 0. The smallest absolute Gasteiger partial charge is 0.318 e. The molecule has 10 atom stereocenters. The van der Waals surface area contributed by atoms with Gasteiger partial charge in [0, 0.05) is 0 Å². The fourth-order valence-electron chi connectivity index (χ4n) is 2.86. The molecule has 0 aliphatic carbocycles. The summed E-state index contributed by atoms with van der Waals surface area (Å²) in [5.41, 5.74) is 0. The van der Waals surface area contributed by atoms with E-state index >= 15 is 0 Å². The molecule has 2 saturated heterocycles. The van der Waals surface area contributed by atoms with Crippen molar-refractivity contribution in [3.05, 3.63) is 0 Å². The van der Waals surface area contributed by atoms with Gasteiger partial charge in [0.05, 0.1) is 6.61 Å². The van der Waals surface area contributed by atoms with Crippen LogP contribution in [0, 0.1) is 0 Å². The van der Waals surface area contributed by atoms with Gasteiger partial charge in [-0.3, -0.25) is 0 Å². The van der Waals surface area contributed by atoms with Crippen molar-refractivity contribution in [1.29, 1.82) is 0 Å². The van der Waals surface area contributed by atoms with Gasteiger partial charge >= 0.3 is 5.79 Å². The monoisotopic (exact) mass is 438 g/mol. The second kappa shape index (κ2) is 8.45. The molecule has 0 bridgehead atoms. The largest absolute Gasteiger partial charge is 0.394 e. The first kappa shape index (κ1) is 24.6. The molecule has 2 rings (SSSR count). The van der Waals surface area contributed by atoms with Crippen LogP contribution in [0.5, 0.6) is 0 Å². The highest BCUT2D eigenvalue weighted by atomic mass is 17.2. The van der Waals surface area contributed by atoms with Gasteiger partial charge in [-0.15, -0.1) is 0 Å². The van der Waals surface area contributed by atoms with Crippen molar-refractivity contribution >= 4 is 0 Å². The van der Waals surface area contributed by atoms with E-state index in [4.69, 9.17) is 25.1 Å². The first-order chi connectivity index (χ1) is 13.3. The van der Waals surface area contributed by atoms with Crippen molar-refractivity contribution in [3.8, 4) is 0 Å².